The van der Waals surface area contributed by atoms with Gasteiger partial charge in [-0.25, -0.2) is 0 Å². The lowest BCUT2D eigenvalue weighted by molar-refractivity contribution is 0.239. The molecule has 1 aliphatic rings. The minimum absolute atomic E-state index is 0.750. The highest BCUT2D eigenvalue weighted by atomic mass is 15.1. The van der Waals surface area contributed by atoms with Gasteiger partial charge in [0.1, 0.15) is 0 Å². The van der Waals surface area contributed by atoms with Crippen molar-refractivity contribution in [2.45, 2.75) is 32.7 Å². The van der Waals surface area contributed by atoms with Crippen molar-refractivity contribution in [3.63, 3.8) is 0 Å². The SMILES string of the molecule is CC[C@H]1CN(CC)Cc2ccccc21. The lowest BCUT2D eigenvalue weighted by atomic mass is 9.88. The van der Waals surface area contributed by atoms with E-state index in [1.165, 1.54) is 25.1 Å². The maximum atomic E-state index is 2.54. The average molecular weight is 189 g/mol. The van der Waals surface area contributed by atoms with Gasteiger partial charge in [-0.05, 0) is 30.0 Å². The van der Waals surface area contributed by atoms with Crippen molar-refractivity contribution in [2.75, 3.05) is 13.1 Å². The second-order valence-corrected chi connectivity index (χ2v) is 4.13. The first-order valence-electron chi connectivity index (χ1n) is 5.65. The summed E-state index contributed by atoms with van der Waals surface area (Å²) in [5.74, 6) is 0.750. The molecule has 0 amide bonds. The molecule has 0 saturated heterocycles. The molecule has 1 aliphatic heterocycles. The summed E-state index contributed by atoms with van der Waals surface area (Å²) in [6, 6.07) is 8.91. The first kappa shape index (κ1) is 9.72. The summed E-state index contributed by atoms with van der Waals surface area (Å²) in [7, 11) is 0. The van der Waals surface area contributed by atoms with Crippen molar-refractivity contribution in [3.8, 4) is 0 Å². The third-order valence-corrected chi connectivity index (χ3v) is 3.31. The van der Waals surface area contributed by atoms with E-state index < -0.39 is 0 Å². The van der Waals surface area contributed by atoms with Crippen LogP contribution in [0, 0.1) is 0 Å². The number of nitrogens with zero attached hydrogens (tertiary/aromatic N) is 1. The quantitative estimate of drug-likeness (QED) is 0.691. The van der Waals surface area contributed by atoms with E-state index in [1.54, 1.807) is 5.56 Å². The normalized spacial score (nSPS) is 22.0. The molecule has 1 atom stereocenters. The maximum Gasteiger partial charge on any atom is 0.0236 e. The van der Waals surface area contributed by atoms with Gasteiger partial charge in [0.15, 0.2) is 0 Å². The van der Waals surface area contributed by atoms with Crippen LogP contribution < -0.4 is 0 Å². The molecule has 2 rings (SSSR count). The standard InChI is InChI=1S/C13H19N/c1-3-11-9-14(4-2)10-12-7-5-6-8-13(11)12/h5-8,11H,3-4,9-10H2,1-2H3/t11-/m0/s1. The Balaban J connectivity index is 2.31. The van der Waals surface area contributed by atoms with Gasteiger partial charge in [-0.3, -0.25) is 4.90 Å². The van der Waals surface area contributed by atoms with Crippen LogP contribution in [0.2, 0.25) is 0 Å². The average Bonchev–Trinajstić information content (AvgIpc) is 2.27. The van der Waals surface area contributed by atoms with E-state index in [4.69, 9.17) is 0 Å². The molecule has 1 aromatic carbocycles. The first-order valence-corrected chi connectivity index (χ1v) is 5.65. The van der Waals surface area contributed by atoms with Gasteiger partial charge in [-0.1, -0.05) is 38.1 Å². The smallest absolute Gasteiger partial charge is 0.0236 e. The summed E-state index contributed by atoms with van der Waals surface area (Å²) >= 11 is 0. The number of likely N-dealkylation sites (N-methyl/N-ethyl adjacent to an activating group) is 1. The molecule has 1 nitrogen and oxygen atoms in total. The van der Waals surface area contributed by atoms with Crippen molar-refractivity contribution >= 4 is 0 Å². The predicted molar refractivity (Wildman–Crippen MR) is 60.4 cm³/mol. The van der Waals surface area contributed by atoms with Crippen molar-refractivity contribution in [1.82, 2.24) is 4.90 Å². The molecule has 0 fully saturated rings. The van der Waals surface area contributed by atoms with E-state index in [0.29, 0.717) is 0 Å². The van der Waals surface area contributed by atoms with Crippen molar-refractivity contribution < 1.29 is 0 Å². The first-order chi connectivity index (χ1) is 6.85. The van der Waals surface area contributed by atoms with Crippen LogP contribution in [-0.4, -0.2) is 18.0 Å². The second kappa shape index (κ2) is 4.14. The largest absolute Gasteiger partial charge is 0.299 e. The van der Waals surface area contributed by atoms with E-state index in [0.717, 1.165) is 12.5 Å². The van der Waals surface area contributed by atoms with Gasteiger partial charge in [-0.15, -0.1) is 0 Å². The Morgan fingerprint density at radius 1 is 1.29 bits per heavy atom. The third kappa shape index (κ3) is 1.69. The molecular weight excluding hydrogens is 170 g/mol. The van der Waals surface area contributed by atoms with Crippen LogP contribution in [0.4, 0.5) is 0 Å². The van der Waals surface area contributed by atoms with Gasteiger partial charge < -0.3 is 0 Å². The molecule has 76 valence electrons. The van der Waals surface area contributed by atoms with Crippen LogP contribution in [-0.2, 0) is 6.54 Å². The Morgan fingerprint density at radius 3 is 2.79 bits per heavy atom. The molecule has 1 aromatic rings. The highest BCUT2D eigenvalue weighted by Gasteiger charge is 2.22. The van der Waals surface area contributed by atoms with Gasteiger partial charge in [0.25, 0.3) is 0 Å². The molecular formula is C13H19N. The van der Waals surface area contributed by atoms with Gasteiger partial charge in [0.05, 0.1) is 0 Å². The van der Waals surface area contributed by atoms with Crippen LogP contribution in [0.15, 0.2) is 24.3 Å². The number of hydrogen-bond acceptors (Lipinski definition) is 1. The molecule has 0 aliphatic carbocycles. The molecule has 0 N–H and O–H groups in total. The lowest BCUT2D eigenvalue weighted by Crippen LogP contribution is -2.33. The van der Waals surface area contributed by atoms with E-state index in [2.05, 4.69) is 43.0 Å². The van der Waals surface area contributed by atoms with E-state index in [1.807, 2.05) is 0 Å². The number of rotatable bonds is 2. The van der Waals surface area contributed by atoms with Gasteiger partial charge >= 0.3 is 0 Å². The summed E-state index contributed by atoms with van der Waals surface area (Å²) in [4.78, 5) is 2.54. The van der Waals surface area contributed by atoms with Gasteiger partial charge in [-0.2, -0.15) is 0 Å². The Labute approximate surface area is 86.7 Å². The third-order valence-electron chi connectivity index (χ3n) is 3.31. The summed E-state index contributed by atoms with van der Waals surface area (Å²) in [5, 5.41) is 0. The van der Waals surface area contributed by atoms with E-state index in [-0.39, 0.29) is 0 Å². The van der Waals surface area contributed by atoms with Gasteiger partial charge in [0, 0.05) is 13.1 Å². The van der Waals surface area contributed by atoms with E-state index >= 15 is 0 Å². The monoisotopic (exact) mass is 189 g/mol. The number of hydrogen-bond donors (Lipinski definition) is 0. The molecule has 0 bridgehead atoms. The zero-order valence-corrected chi connectivity index (χ0v) is 9.16. The van der Waals surface area contributed by atoms with Crippen LogP contribution in [0.25, 0.3) is 0 Å². The highest BCUT2D eigenvalue weighted by Crippen LogP contribution is 2.29. The van der Waals surface area contributed by atoms with Crippen molar-refractivity contribution in [1.29, 1.82) is 0 Å². The maximum absolute atomic E-state index is 2.54. The van der Waals surface area contributed by atoms with E-state index in [9.17, 15) is 0 Å². The number of fused-ring (bicyclic) bond motifs is 1. The fourth-order valence-corrected chi connectivity index (χ4v) is 2.38. The van der Waals surface area contributed by atoms with Crippen LogP contribution in [0.5, 0.6) is 0 Å². The summed E-state index contributed by atoms with van der Waals surface area (Å²) in [6.07, 6.45) is 1.26. The Kier molecular flexibility index (Phi) is 2.87. The summed E-state index contributed by atoms with van der Waals surface area (Å²) < 4.78 is 0. The predicted octanol–water partition coefficient (Wildman–Crippen LogP) is 3.02. The molecule has 1 heterocycles. The van der Waals surface area contributed by atoms with Crippen molar-refractivity contribution in [3.05, 3.63) is 35.4 Å². The Morgan fingerprint density at radius 2 is 2.07 bits per heavy atom. The van der Waals surface area contributed by atoms with Gasteiger partial charge in [0.2, 0.25) is 0 Å². The molecule has 0 spiro atoms. The van der Waals surface area contributed by atoms with Crippen LogP contribution in [0.3, 0.4) is 0 Å². The molecule has 1 heteroatoms. The molecule has 0 aromatic heterocycles. The molecule has 0 radical (unpaired) electrons. The fraction of sp³-hybridized carbons (Fsp3) is 0.538. The fourth-order valence-electron chi connectivity index (χ4n) is 2.38. The minimum atomic E-state index is 0.750. The lowest BCUT2D eigenvalue weighted by Gasteiger charge is -2.33. The zero-order chi connectivity index (χ0) is 9.97. The second-order valence-electron chi connectivity index (χ2n) is 4.13. The zero-order valence-electron chi connectivity index (χ0n) is 9.16. The molecule has 0 unspecified atom stereocenters. The van der Waals surface area contributed by atoms with Crippen molar-refractivity contribution in [2.24, 2.45) is 0 Å². The highest BCUT2D eigenvalue weighted by molar-refractivity contribution is 5.32. The molecule has 0 saturated carbocycles. The Bertz CT molecular complexity index is 306. The van der Waals surface area contributed by atoms with Crippen LogP contribution in [0.1, 0.15) is 37.3 Å². The minimum Gasteiger partial charge on any atom is -0.299 e. The summed E-state index contributed by atoms with van der Waals surface area (Å²) in [5.41, 5.74) is 3.12. The molecule has 14 heavy (non-hydrogen) atoms. The Hall–Kier alpha value is -0.820. The topological polar surface area (TPSA) is 3.24 Å². The van der Waals surface area contributed by atoms with Crippen LogP contribution >= 0.6 is 0 Å². The number of benzene rings is 1. The summed E-state index contributed by atoms with van der Waals surface area (Å²) in [6.45, 7) is 8.10.